The van der Waals surface area contributed by atoms with E-state index in [4.69, 9.17) is 16.3 Å². The van der Waals surface area contributed by atoms with E-state index in [2.05, 4.69) is 43.5 Å². The lowest BCUT2D eigenvalue weighted by atomic mass is 9.90. The fraction of sp³-hybridized carbons (Fsp3) is 0.375. The number of benzene rings is 4. The molecule has 4 aliphatic rings. The Morgan fingerprint density at radius 3 is 2.16 bits per heavy atom. The smallest absolute Gasteiger partial charge is 0.435 e. The summed E-state index contributed by atoms with van der Waals surface area (Å²) in [6.07, 6.45) is -1.81. The number of imidazole rings is 1. The van der Waals surface area contributed by atoms with Crippen LogP contribution in [0.2, 0.25) is 5.02 Å². The average Bonchev–Trinajstić information content (AvgIpc) is 4.36. The van der Waals surface area contributed by atoms with Gasteiger partial charge in [-0.3, -0.25) is 14.4 Å². The molecule has 6 aromatic rings. The van der Waals surface area contributed by atoms with Crippen LogP contribution in [0, 0.1) is 17.7 Å². The Balaban J connectivity index is 0.703. The Bertz CT molecular complexity index is 3250. The molecule has 0 atom stereocenters. The highest BCUT2D eigenvalue weighted by molar-refractivity contribution is 6.34. The number of alkyl halides is 3. The van der Waals surface area contributed by atoms with Crippen LogP contribution in [0.3, 0.4) is 0 Å². The number of nitrogens with one attached hydrogen (secondary N) is 4. The van der Waals surface area contributed by atoms with E-state index in [0.717, 1.165) is 69.6 Å². The van der Waals surface area contributed by atoms with Crippen molar-refractivity contribution in [3.05, 3.63) is 136 Å². The molecule has 1 aliphatic carbocycles. The number of carboxylic acid groups (broad SMARTS) is 1. The predicted octanol–water partition coefficient (Wildman–Crippen LogP) is 7.49. The van der Waals surface area contributed by atoms with Crippen LogP contribution in [-0.2, 0) is 27.5 Å². The van der Waals surface area contributed by atoms with E-state index in [9.17, 15) is 42.3 Å². The first kappa shape index (κ1) is 54.5. The second-order valence-corrected chi connectivity index (χ2v) is 21.1. The number of quaternary nitrogens is 1. The molecule has 414 valence electrons. The van der Waals surface area contributed by atoms with Gasteiger partial charge in [-0.05, 0) is 65.1 Å². The van der Waals surface area contributed by atoms with Crippen LogP contribution in [0.5, 0.6) is 0 Å². The van der Waals surface area contributed by atoms with E-state index in [1.807, 2.05) is 36.4 Å². The molecule has 10 rings (SSSR count). The molecule has 3 saturated heterocycles. The van der Waals surface area contributed by atoms with Crippen LogP contribution in [0.15, 0.2) is 97.3 Å². The number of hydrogen-bond donors (Lipinski definition) is 5. The highest BCUT2D eigenvalue weighted by atomic mass is 35.5. The van der Waals surface area contributed by atoms with Crippen LogP contribution >= 0.6 is 11.6 Å². The number of amides is 4. The molecule has 5 N–H and O–H groups in total. The highest BCUT2D eigenvalue weighted by Crippen LogP contribution is 2.45. The lowest BCUT2D eigenvalue weighted by Crippen LogP contribution is -2.62. The van der Waals surface area contributed by atoms with Crippen molar-refractivity contribution in [2.75, 3.05) is 95.8 Å². The molecule has 2 aromatic heterocycles. The molecule has 23 heteroatoms. The van der Waals surface area contributed by atoms with Gasteiger partial charge in [0.05, 0.1) is 47.7 Å². The fourth-order valence-corrected chi connectivity index (χ4v) is 11.6. The molecule has 5 heterocycles. The van der Waals surface area contributed by atoms with Crippen LogP contribution < -0.4 is 21.3 Å². The number of nitrogens with zero attached hydrogens (tertiary/aromatic N) is 7. The summed E-state index contributed by atoms with van der Waals surface area (Å²) in [5.74, 6) is -2.99. The summed E-state index contributed by atoms with van der Waals surface area (Å²) in [4.78, 5) is 72.6. The number of hydrogen-bond acceptors (Lipinski definition) is 10. The number of anilines is 2. The standard InChI is InChI=1S/C56H58ClF4N11O7/c1-68-48(29-65-51(68)52(75)66-37-11-13-42(45(57)25-37)54(77)70-21-19-69(20-22-70)53(76)35-15-23-72(24-16-35,32-49(73)74)31-34-27-62-28-34)43-30-71(67-50(43)56(59,60)61)47-14-12-36(26-46(47)58)63-17-6-18-64-55(78)79-33-44-40-9-4-2-7-38(40)39-8-3-5-10-41(39)44/h2-5,7-14,25-26,29-30,34-35,44,62-63H,6,15-24,27-28,31-33H2,1H3,(H2-,64,66,73,74,75,77,78)/p+1. The summed E-state index contributed by atoms with van der Waals surface area (Å²) in [6.45, 7) is 5.79. The van der Waals surface area contributed by atoms with E-state index in [1.54, 1.807) is 9.80 Å². The van der Waals surface area contributed by atoms with Gasteiger partial charge in [0.2, 0.25) is 5.91 Å². The van der Waals surface area contributed by atoms with Gasteiger partial charge < -0.3 is 50.0 Å². The Hall–Kier alpha value is -7.82. The Labute approximate surface area is 457 Å². The molecule has 0 radical (unpaired) electrons. The first-order chi connectivity index (χ1) is 37.9. The van der Waals surface area contributed by atoms with Gasteiger partial charge in [-0.25, -0.2) is 23.6 Å². The quantitative estimate of drug-likeness (QED) is 0.0344. The first-order valence-electron chi connectivity index (χ1n) is 26.2. The van der Waals surface area contributed by atoms with Crippen molar-refractivity contribution < 1.29 is 55.9 Å². The number of piperazine rings is 1. The predicted molar refractivity (Wildman–Crippen MR) is 285 cm³/mol. The normalized spacial score (nSPS) is 18.3. The van der Waals surface area contributed by atoms with Crippen molar-refractivity contribution in [2.45, 2.75) is 31.4 Å². The molecule has 79 heavy (non-hydrogen) atoms. The fourth-order valence-electron chi connectivity index (χ4n) is 11.3. The zero-order chi connectivity index (χ0) is 55.6. The zero-order valence-electron chi connectivity index (χ0n) is 43.2. The van der Waals surface area contributed by atoms with Crippen molar-refractivity contribution in [1.29, 1.82) is 0 Å². The average molecular weight is 1110 g/mol. The number of rotatable bonds is 17. The zero-order valence-corrected chi connectivity index (χ0v) is 44.0. The lowest BCUT2D eigenvalue weighted by Gasteiger charge is -2.46. The van der Waals surface area contributed by atoms with Gasteiger partial charge in [0, 0.05) is 108 Å². The first-order valence-corrected chi connectivity index (χ1v) is 26.6. The highest BCUT2D eigenvalue weighted by Gasteiger charge is 2.43. The number of aliphatic carboxylic acids is 1. The molecule has 0 bridgehead atoms. The van der Waals surface area contributed by atoms with E-state index >= 15 is 4.39 Å². The molecule has 4 aromatic carbocycles. The third kappa shape index (κ3) is 11.8. The summed E-state index contributed by atoms with van der Waals surface area (Å²) in [5, 5.41) is 25.1. The second kappa shape index (κ2) is 22.9. The molecular formula is C56H59ClF4N11O7+. The number of carboxylic acids is 1. The maximum Gasteiger partial charge on any atom is 0.435 e. The summed E-state index contributed by atoms with van der Waals surface area (Å²) in [7, 11) is 1.35. The number of carbonyl (C=O) groups is 5. The lowest BCUT2D eigenvalue weighted by molar-refractivity contribution is -0.929. The minimum Gasteiger partial charge on any atom is -0.477 e. The molecule has 0 saturated carbocycles. The summed E-state index contributed by atoms with van der Waals surface area (Å²) < 4.78 is 67.3. The van der Waals surface area contributed by atoms with Crippen molar-refractivity contribution in [3.8, 4) is 28.1 Å². The number of fused-ring (bicyclic) bond motifs is 3. The van der Waals surface area contributed by atoms with Crippen molar-refractivity contribution in [2.24, 2.45) is 18.9 Å². The largest absolute Gasteiger partial charge is 0.477 e. The van der Waals surface area contributed by atoms with Crippen molar-refractivity contribution in [3.63, 3.8) is 0 Å². The summed E-state index contributed by atoms with van der Waals surface area (Å²) in [5.41, 5.74) is 2.90. The number of alkyl carbamates (subject to hydrolysis) is 1. The van der Waals surface area contributed by atoms with E-state index in [1.165, 1.54) is 37.4 Å². The van der Waals surface area contributed by atoms with Crippen LogP contribution in [0.1, 0.15) is 63.0 Å². The Morgan fingerprint density at radius 1 is 0.861 bits per heavy atom. The van der Waals surface area contributed by atoms with E-state index < -0.39 is 41.2 Å². The van der Waals surface area contributed by atoms with E-state index in [0.29, 0.717) is 68.1 Å². The third-order valence-electron chi connectivity index (χ3n) is 15.5. The van der Waals surface area contributed by atoms with Crippen LogP contribution in [0.4, 0.5) is 33.7 Å². The van der Waals surface area contributed by atoms with Gasteiger partial charge in [0.25, 0.3) is 11.8 Å². The summed E-state index contributed by atoms with van der Waals surface area (Å²) >= 11 is 6.60. The summed E-state index contributed by atoms with van der Waals surface area (Å²) in [6, 6.07) is 24.2. The number of aromatic nitrogens is 4. The van der Waals surface area contributed by atoms with Gasteiger partial charge in [0.1, 0.15) is 12.3 Å². The van der Waals surface area contributed by atoms with Gasteiger partial charge in [-0.2, -0.15) is 18.3 Å². The SMILES string of the molecule is Cn1c(-c2cn(-c3ccc(NCCCNC(=O)OCC4c5ccccc5-c5ccccc54)cc3F)nc2C(F)(F)F)cnc1C(=O)Nc1ccc(C(=O)N2CCN(C(=O)C3CC[N+](CC(=O)O)(CC4CNC4)CC3)CC2)c(Cl)c1. The molecule has 3 fully saturated rings. The van der Waals surface area contributed by atoms with Gasteiger partial charge >= 0.3 is 18.2 Å². The number of carbonyl (C=O) groups excluding carboxylic acids is 4. The minimum absolute atomic E-state index is 0.0134. The van der Waals surface area contributed by atoms with E-state index in [-0.39, 0.29) is 89.9 Å². The van der Waals surface area contributed by atoms with Crippen molar-refractivity contribution in [1.82, 2.24) is 39.8 Å². The van der Waals surface area contributed by atoms with Gasteiger partial charge in [0.15, 0.2) is 23.9 Å². The maximum atomic E-state index is 15.6. The second-order valence-electron chi connectivity index (χ2n) is 20.6. The number of halogens is 5. The number of likely N-dealkylation sites (tertiary alicyclic amines) is 1. The molecular weight excluding hydrogens is 1050 g/mol. The third-order valence-corrected chi connectivity index (χ3v) is 15.8. The maximum absolute atomic E-state index is 15.6. The molecule has 4 amide bonds. The Morgan fingerprint density at radius 2 is 1.53 bits per heavy atom. The Kier molecular flexibility index (Phi) is 15.8. The van der Waals surface area contributed by atoms with Gasteiger partial charge in [-0.1, -0.05) is 60.1 Å². The number of ether oxygens (including phenoxy) is 1. The monoisotopic (exact) mass is 1110 g/mol. The van der Waals surface area contributed by atoms with Gasteiger partial charge in [-0.15, -0.1) is 0 Å². The topological polar surface area (TPSA) is 205 Å². The van der Waals surface area contributed by atoms with Crippen molar-refractivity contribution >= 4 is 52.8 Å². The molecule has 3 aliphatic heterocycles. The molecule has 0 unspecified atom stereocenters. The molecule has 18 nitrogen and oxygen atoms in total. The number of piperidine rings is 1. The van der Waals surface area contributed by atoms with Crippen LogP contribution in [0.25, 0.3) is 28.1 Å². The van der Waals surface area contributed by atoms with Crippen LogP contribution in [-0.4, -0.2) is 154 Å². The minimum atomic E-state index is -4.98. The molecule has 0 spiro atoms.